The van der Waals surface area contributed by atoms with Crippen molar-refractivity contribution in [1.82, 2.24) is 9.97 Å². The summed E-state index contributed by atoms with van der Waals surface area (Å²) in [6, 6.07) is 3.40. The van der Waals surface area contributed by atoms with Crippen LogP contribution in [0.1, 0.15) is 21.5 Å². The molecule has 0 radical (unpaired) electrons. The molecule has 0 aliphatic heterocycles. The lowest BCUT2D eigenvalue weighted by Crippen LogP contribution is -2.00. The number of pyridine rings is 2. The Bertz CT molecular complexity index is 570. The first-order chi connectivity index (χ1) is 8.65. The third-order valence-electron chi connectivity index (χ3n) is 2.30. The quantitative estimate of drug-likeness (QED) is 0.891. The molecular weight excluding hydrogens is 232 g/mol. The Hall–Kier alpha value is -2.43. The van der Waals surface area contributed by atoms with Crippen molar-refractivity contribution in [1.29, 1.82) is 0 Å². The summed E-state index contributed by atoms with van der Waals surface area (Å²) in [6.07, 6.45) is 6.23. The highest BCUT2D eigenvalue weighted by Crippen LogP contribution is 2.13. The van der Waals surface area contributed by atoms with E-state index in [9.17, 15) is 4.79 Å². The van der Waals surface area contributed by atoms with Crippen LogP contribution in [0.3, 0.4) is 0 Å². The van der Waals surface area contributed by atoms with Crippen molar-refractivity contribution >= 4 is 5.97 Å². The molecule has 0 atom stereocenters. The van der Waals surface area contributed by atoms with Crippen LogP contribution in [0.25, 0.3) is 0 Å². The number of hydrogen-bond donors (Lipinski definition) is 1. The molecule has 2 aromatic rings. The van der Waals surface area contributed by atoms with Gasteiger partial charge in [0.1, 0.15) is 12.4 Å². The van der Waals surface area contributed by atoms with Crippen LogP contribution in [-0.4, -0.2) is 21.0 Å². The molecule has 2 rings (SSSR count). The molecule has 0 amide bonds. The van der Waals surface area contributed by atoms with E-state index in [2.05, 4.69) is 9.97 Å². The molecule has 0 bridgehead atoms. The SMILES string of the molecule is Cc1cncc(COc2cncc(C(=O)O)c2)c1. The smallest absolute Gasteiger partial charge is 0.337 e. The summed E-state index contributed by atoms with van der Waals surface area (Å²) >= 11 is 0. The Morgan fingerprint density at radius 2 is 2.00 bits per heavy atom. The fourth-order valence-electron chi connectivity index (χ4n) is 1.48. The third-order valence-corrected chi connectivity index (χ3v) is 2.30. The number of ether oxygens (including phenoxy) is 1. The van der Waals surface area contributed by atoms with Gasteiger partial charge in [-0.15, -0.1) is 0 Å². The number of carbonyl (C=O) groups is 1. The maximum Gasteiger partial charge on any atom is 0.337 e. The van der Waals surface area contributed by atoms with Crippen molar-refractivity contribution in [2.24, 2.45) is 0 Å². The summed E-state index contributed by atoms with van der Waals surface area (Å²) in [7, 11) is 0. The Morgan fingerprint density at radius 1 is 1.22 bits per heavy atom. The van der Waals surface area contributed by atoms with Crippen molar-refractivity contribution < 1.29 is 14.6 Å². The predicted octanol–water partition coefficient (Wildman–Crippen LogP) is 2.06. The first kappa shape index (κ1) is 12.0. The zero-order valence-electron chi connectivity index (χ0n) is 9.83. The van der Waals surface area contributed by atoms with E-state index in [0.717, 1.165) is 11.1 Å². The second-order valence-electron chi connectivity index (χ2n) is 3.87. The Kier molecular flexibility index (Phi) is 3.52. The second-order valence-corrected chi connectivity index (χ2v) is 3.87. The summed E-state index contributed by atoms with van der Waals surface area (Å²) in [5.41, 5.74) is 2.08. The summed E-state index contributed by atoms with van der Waals surface area (Å²) in [4.78, 5) is 18.6. The van der Waals surface area contributed by atoms with Gasteiger partial charge < -0.3 is 9.84 Å². The van der Waals surface area contributed by atoms with Crippen LogP contribution < -0.4 is 4.74 Å². The fourth-order valence-corrected chi connectivity index (χ4v) is 1.48. The van der Waals surface area contributed by atoms with Crippen LogP contribution in [0.5, 0.6) is 5.75 Å². The summed E-state index contributed by atoms with van der Waals surface area (Å²) < 4.78 is 5.47. The van der Waals surface area contributed by atoms with Crippen LogP contribution in [-0.2, 0) is 6.61 Å². The van der Waals surface area contributed by atoms with E-state index < -0.39 is 5.97 Å². The number of hydrogen-bond acceptors (Lipinski definition) is 4. The first-order valence-electron chi connectivity index (χ1n) is 5.37. The zero-order valence-corrected chi connectivity index (χ0v) is 9.83. The number of carboxylic acid groups (broad SMARTS) is 1. The largest absolute Gasteiger partial charge is 0.487 e. The fraction of sp³-hybridized carbons (Fsp3) is 0.154. The van der Waals surface area contributed by atoms with Crippen LogP contribution in [0.15, 0.2) is 36.9 Å². The van der Waals surface area contributed by atoms with Gasteiger partial charge in [-0.25, -0.2) is 4.79 Å². The molecule has 5 nitrogen and oxygen atoms in total. The highest BCUT2D eigenvalue weighted by atomic mass is 16.5. The van der Waals surface area contributed by atoms with E-state index in [4.69, 9.17) is 9.84 Å². The van der Waals surface area contributed by atoms with Gasteiger partial charge in [0.05, 0.1) is 11.8 Å². The van der Waals surface area contributed by atoms with E-state index in [1.165, 1.54) is 18.5 Å². The van der Waals surface area contributed by atoms with E-state index in [-0.39, 0.29) is 5.56 Å². The average molecular weight is 244 g/mol. The first-order valence-corrected chi connectivity index (χ1v) is 5.37. The summed E-state index contributed by atoms with van der Waals surface area (Å²) in [5.74, 6) is -0.596. The van der Waals surface area contributed by atoms with Gasteiger partial charge in [-0.3, -0.25) is 9.97 Å². The van der Waals surface area contributed by atoms with Gasteiger partial charge in [-0.05, 0) is 24.6 Å². The van der Waals surface area contributed by atoms with Gasteiger partial charge in [-0.2, -0.15) is 0 Å². The molecule has 0 aromatic carbocycles. The van der Waals surface area contributed by atoms with Crippen molar-refractivity contribution in [3.8, 4) is 5.75 Å². The molecule has 2 aromatic heterocycles. The molecule has 0 aliphatic carbocycles. The molecule has 1 N–H and O–H groups in total. The number of aromatic nitrogens is 2. The normalized spacial score (nSPS) is 10.1. The van der Waals surface area contributed by atoms with E-state index in [1.54, 1.807) is 12.4 Å². The Labute approximate surface area is 104 Å². The number of aromatic carboxylic acids is 1. The number of nitrogens with zero attached hydrogens (tertiary/aromatic N) is 2. The second kappa shape index (κ2) is 5.27. The third kappa shape index (κ3) is 3.04. The van der Waals surface area contributed by atoms with Crippen LogP contribution in [0, 0.1) is 6.92 Å². The molecule has 2 heterocycles. The predicted molar refractivity (Wildman–Crippen MR) is 64.5 cm³/mol. The molecule has 0 aliphatic rings. The van der Waals surface area contributed by atoms with Gasteiger partial charge in [0.2, 0.25) is 0 Å². The lowest BCUT2D eigenvalue weighted by Gasteiger charge is -2.06. The molecular formula is C13H12N2O3. The molecule has 0 fully saturated rings. The number of rotatable bonds is 4. The minimum atomic E-state index is -1.02. The van der Waals surface area contributed by atoms with Gasteiger partial charge in [-0.1, -0.05) is 0 Å². The van der Waals surface area contributed by atoms with E-state index in [0.29, 0.717) is 12.4 Å². The maximum absolute atomic E-state index is 10.8. The van der Waals surface area contributed by atoms with Crippen molar-refractivity contribution in [2.45, 2.75) is 13.5 Å². The molecule has 92 valence electrons. The monoisotopic (exact) mass is 244 g/mol. The minimum Gasteiger partial charge on any atom is -0.487 e. The molecule has 0 saturated carbocycles. The summed E-state index contributed by atoms with van der Waals surface area (Å²) in [6.45, 7) is 2.28. The van der Waals surface area contributed by atoms with E-state index in [1.807, 2.05) is 13.0 Å². The van der Waals surface area contributed by atoms with Gasteiger partial charge in [0, 0.05) is 24.2 Å². The van der Waals surface area contributed by atoms with E-state index >= 15 is 0 Å². The van der Waals surface area contributed by atoms with Crippen molar-refractivity contribution in [3.05, 3.63) is 53.6 Å². The zero-order chi connectivity index (χ0) is 13.0. The highest BCUT2D eigenvalue weighted by Gasteiger charge is 2.05. The minimum absolute atomic E-state index is 0.106. The summed E-state index contributed by atoms with van der Waals surface area (Å²) in [5, 5.41) is 8.83. The van der Waals surface area contributed by atoms with Gasteiger partial charge in [0.25, 0.3) is 0 Å². The van der Waals surface area contributed by atoms with Gasteiger partial charge >= 0.3 is 5.97 Å². The Morgan fingerprint density at radius 3 is 2.72 bits per heavy atom. The molecule has 0 spiro atoms. The molecule has 18 heavy (non-hydrogen) atoms. The standard InChI is InChI=1S/C13H12N2O3/c1-9-2-10(5-14-4-9)8-18-12-3-11(13(16)17)6-15-7-12/h2-7H,8H2,1H3,(H,16,17). The lowest BCUT2D eigenvalue weighted by molar-refractivity contribution is 0.0696. The van der Waals surface area contributed by atoms with Crippen LogP contribution >= 0.6 is 0 Å². The molecule has 0 unspecified atom stereocenters. The average Bonchev–Trinajstić information content (AvgIpc) is 2.37. The van der Waals surface area contributed by atoms with Gasteiger partial charge in [0.15, 0.2) is 0 Å². The topological polar surface area (TPSA) is 72.3 Å². The van der Waals surface area contributed by atoms with Crippen LogP contribution in [0.4, 0.5) is 0 Å². The lowest BCUT2D eigenvalue weighted by atomic mass is 10.2. The van der Waals surface area contributed by atoms with Crippen molar-refractivity contribution in [2.75, 3.05) is 0 Å². The van der Waals surface area contributed by atoms with Crippen molar-refractivity contribution in [3.63, 3.8) is 0 Å². The highest BCUT2D eigenvalue weighted by molar-refractivity contribution is 5.87. The number of carboxylic acids is 1. The molecule has 0 saturated heterocycles. The number of aryl methyl sites for hydroxylation is 1. The maximum atomic E-state index is 10.8. The van der Waals surface area contributed by atoms with Crippen LogP contribution in [0.2, 0.25) is 0 Å². The Balaban J connectivity index is 2.06. The molecule has 5 heteroatoms.